The van der Waals surface area contributed by atoms with Crippen LogP contribution in [0, 0.1) is 0 Å². The highest BCUT2D eigenvalue weighted by Gasteiger charge is 2.25. The Morgan fingerprint density at radius 2 is 2.00 bits per heavy atom. The van der Waals surface area contributed by atoms with E-state index in [2.05, 4.69) is 25.2 Å². The largest absolute Gasteiger partial charge is 0.329 e. The molecule has 3 N–H and O–H groups in total. The van der Waals surface area contributed by atoms with Gasteiger partial charge in [0.2, 0.25) is 0 Å². The lowest BCUT2D eigenvalue weighted by molar-refractivity contribution is 0.284. The maximum Gasteiger partial charge on any atom is 0.0303 e. The Hall–Kier alpha value is -0.340. The van der Waals surface area contributed by atoms with E-state index < -0.39 is 0 Å². The number of nitrogens with two attached hydrogens (primary N) is 1. The monoisotopic (exact) mass is 238 g/mol. The van der Waals surface area contributed by atoms with Crippen molar-refractivity contribution in [1.29, 1.82) is 0 Å². The van der Waals surface area contributed by atoms with Gasteiger partial charge < -0.3 is 11.1 Å². The fourth-order valence-electron chi connectivity index (χ4n) is 2.99. The van der Waals surface area contributed by atoms with Gasteiger partial charge in [-0.25, -0.2) is 0 Å². The van der Waals surface area contributed by atoms with E-state index in [-0.39, 0.29) is 5.54 Å². The molecule has 0 aromatic rings. The van der Waals surface area contributed by atoms with Crippen molar-refractivity contribution in [2.45, 2.75) is 70.8 Å². The van der Waals surface area contributed by atoms with Crippen molar-refractivity contribution in [1.82, 2.24) is 5.32 Å². The fourth-order valence-corrected chi connectivity index (χ4v) is 2.99. The minimum absolute atomic E-state index is 0.197. The Bertz CT molecular complexity index is 227. The summed E-state index contributed by atoms with van der Waals surface area (Å²) < 4.78 is 0. The standard InChI is InChI=1S/C15H30N2/c1-3-10-15(13-16,11-4-2)17-12-9-14-7-5-6-8-14/h7,17H,3-6,8-13,16H2,1-2H3. The lowest BCUT2D eigenvalue weighted by Crippen LogP contribution is -2.51. The predicted octanol–water partition coefficient (Wildman–Crippen LogP) is 3.37. The molecule has 1 rings (SSSR count). The highest BCUT2D eigenvalue weighted by molar-refractivity contribution is 5.07. The molecule has 2 nitrogen and oxygen atoms in total. The molecule has 1 aliphatic carbocycles. The summed E-state index contributed by atoms with van der Waals surface area (Å²) in [6.07, 6.45) is 12.5. The van der Waals surface area contributed by atoms with Crippen LogP contribution in [-0.4, -0.2) is 18.6 Å². The normalized spacial score (nSPS) is 16.3. The third-order valence-corrected chi connectivity index (χ3v) is 3.93. The summed E-state index contributed by atoms with van der Waals surface area (Å²) in [6.45, 7) is 6.37. The topological polar surface area (TPSA) is 38.0 Å². The van der Waals surface area contributed by atoms with Crippen molar-refractivity contribution < 1.29 is 0 Å². The molecule has 0 aromatic heterocycles. The molecule has 2 heteroatoms. The van der Waals surface area contributed by atoms with Crippen LogP contribution in [-0.2, 0) is 0 Å². The summed E-state index contributed by atoms with van der Waals surface area (Å²) in [6, 6.07) is 0. The van der Waals surface area contributed by atoms with E-state index in [1.54, 1.807) is 5.57 Å². The zero-order valence-electron chi connectivity index (χ0n) is 11.7. The van der Waals surface area contributed by atoms with Crippen LogP contribution >= 0.6 is 0 Å². The van der Waals surface area contributed by atoms with E-state index in [9.17, 15) is 0 Å². The van der Waals surface area contributed by atoms with Crippen LogP contribution in [0.4, 0.5) is 0 Å². The summed E-state index contributed by atoms with van der Waals surface area (Å²) in [7, 11) is 0. The highest BCUT2D eigenvalue weighted by atomic mass is 15.0. The number of rotatable bonds is 9. The van der Waals surface area contributed by atoms with Crippen molar-refractivity contribution in [2.75, 3.05) is 13.1 Å². The molecule has 0 aromatic carbocycles. The third kappa shape index (κ3) is 4.81. The van der Waals surface area contributed by atoms with Crippen LogP contribution in [0.25, 0.3) is 0 Å². The molecule has 0 spiro atoms. The first-order valence-electron chi connectivity index (χ1n) is 7.39. The van der Waals surface area contributed by atoms with Gasteiger partial charge in [0.05, 0.1) is 0 Å². The minimum atomic E-state index is 0.197. The van der Waals surface area contributed by atoms with Crippen molar-refractivity contribution in [3.8, 4) is 0 Å². The average molecular weight is 238 g/mol. The molecule has 0 fully saturated rings. The van der Waals surface area contributed by atoms with Crippen LogP contribution in [0.15, 0.2) is 11.6 Å². The van der Waals surface area contributed by atoms with Gasteiger partial charge in [-0.15, -0.1) is 0 Å². The molecular formula is C15H30N2. The van der Waals surface area contributed by atoms with Gasteiger partial charge in [0, 0.05) is 12.1 Å². The Morgan fingerprint density at radius 1 is 1.29 bits per heavy atom. The van der Waals surface area contributed by atoms with Crippen LogP contribution in [0.2, 0.25) is 0 Å². The molecule has 0 heterocycles. The molecule has 0 saturated carbocycles. The van der Waals surface area contributed by atoms with Crippen molar-refractivity contribution in [3.05, 3.63) is 11.6 Å². The molecule has 0 unspecified atom stereocenters. The number of nitrogens with one attached hydrogen (secondary N) is 1. The molecule has 0 bridgehead atoms. The number of allylic oxidation sites excluding steroid dienone is 1. The second-order valence-corrected chi connectivity index (χ2v) is 5.42. The fraction of sp³-hybridized carbons (Fsp3) is 0.867. The van der Waals surface area contributed by atoms with E-state index in [0.29, 0.717) is 0 Å². The van der Waals surface area contributed by atoms with Gasteiger partial charge in [0.15, 0.2) is 0 Å². The summed E-state index contributed by atoms with van der Waals surface area (Å²) in [5.41, 5.74) is 7.84. The van der Waals surface area contributed by atoms with Gasteiger partial charge in [0.25, 0.3) is 0 Å². The third-order valence-electron chi connectivity index (χ3n) is 3.93. The van der Waals surface area contributed by atoms with Gasteiger partial charge in [-0.2, -0.15) is 0 Å². The van der Waals surface area contributed by atoms with Gasteiger partial charge >= 0.3 is 0 Å². The van der Waals surface area contributed by atoms with Crippen molar-refractivity contribution in [3.63, 3.8) is 0 Å². The van der Waals surface area contributed by atoms with Crippen LogP contribution in [0.5, 0.6) is 0 Å². The van der Waals surface area contributed by atoms with Gasteiger partial charge in [-0.3, -0.25) is 0 Å². The van der Waals surface area contributed by atoms with Crippen LogP contribution in [0.3, 0.4) is 0 Å². The van der Waals surface area contributed by atoms with E-state index in [1.165, 1.54) is 51.4 Å². The molecule has 0 saturated heterocycles. The maximum atomic E-state index is 6.00. The molecule has 17 heavy (non-hydrogen) atoms. The first-order valence-corrected chi connectivity index (χ1v) is 7.39. The summed E-state index contributed by atoms with van der Waals surface area (Å²) >= 11 is 0. The molecule has 100 valence electrons. The van der Waals surface area contributed by atoms with Crippen LogP contribution in [0.1, 0.15) is 65.2 Å². The van der Waals surface area contributed by atoms with Crippen molar-refractivity contribution in [2.24, 2.45) is 5.73 Å². The number of hydrogen-bond donors (Lipinski definition) is 2. The Morgan fingerprint density at radius 3 is 2.47 bits per heavy atom. The minimum Gasteiger partial charge on any atom is -0.329 e. The van der Waals surface area contributed by atoms with Gasteiger partial charge in [-0.1, -0.05) is 38.3 Å². The summed E-state index contributed by atoms with van der Waals surface area (Å²) in [4.78, 5) is 0. The summed E-state index contributed by atoms with van der Waals surface area (Å²) in [5, 5.41) is 3.75. The predicted molar refractivity (Wildman–Crippen MR) is 76.2 cm³/mol. The molecule has 1 aliphatic rings. The summed E-state index contributed by atoms with van der Waals surface area (Å²) in [5.74, 6) is 0. The van der Waals surface area contributed by atoms with Crippen molar-refractivity contribution >= 4 is 0 Å². The Kier molecular flexibility index (Phi) is 6.83. The van der Waals surface area contributed by atoms with E-state index >= 15 is 0 Å². The molecule has 0 atom stereocenters. The second kappa shape index (κ2) is 7.88. The molecule has 0 amide bonds. The smallest absolute Gasteiger partial charge is 0.0303 e. The van der Waals surface area contributed by atoms with E-state index in [0.717, 1.165) is 13.1 Å². The first kappa shape index (κ1) is 14.7. The van der Waals surface area contributed by atoms with E-state index in [4.69, 9.17) is 5.73 Å². The Balaban J connectivity index is 2.36. The lowest BCUT2D eigenvalue weighted by Gasteiger charge is -2.34. The first-order chi connectivity index (χ1) is 8.26. The Labute approximate surface area is 107 Å². The second-order valence-electron chi connectivity index (χ2n) is 5.42. The molecular weight excluding hydrogens is 208 g/mol. The zero-order chi connectivity index (χ0) is 12.6. The molecule has 0 radical (unpaired) electrons. The lowest BCUT2D eigenvalue weighted by atomic mass is 9.88. The highest BCUT2D eigenvalue weighted by Crippen LogP contribution is 2.22. The van der Waals surface area contributed by atoms with Crippen LogP contribution < -0.4 is 11.1 Å². The average Bonchev–Trinajstić information content (AvgIpc) is 2.82. The van der Waals surface area contributed by atoms with E-state index in [1.807, 2.05) is 0 Å². The van der Waals surface area contributed by atoms with Gasteiger partial charge in [-0.05, 0) is 45.1 Å². The zero-order valence-corrected chi connectivity index (χ0v) is 11.7. The number of hydrogen-bond acceptors (Lipinski definition) is 2. The molecule has 0 aliphatic heterocycles. The SMILES string of the molecule is CCCC(CN)(CCC)NCCC1=CCCC1. The quantitative estimate of drug-likeness (QED) is 0.604. The van der Waals surface area contributed by atoms with Gasteiger partial charge in [0.1, 0.15) is 0 Å². The maximum absolute atomic E-state index is 6.00.